The maximum absolute atomic E-state index is 12.3. The zero-order chi connectivity index (χ0) is 19.3. The Morgan fingerprint density at radius 1 is 1.00 bits per heavy atom. The molecule has 5 nitrogen and oxygen atoms in total. The highest BCUT2D eigenvalue weighted by atomic mass is 16.6. The number of aryl methyl sites for hydroxylation is 2. The second-order valence-corrected chi connectivity index (χ2v) is 7.80. The first kappa shape index (κ1) is 19.0. The third-order valence-electron chi connectivity index (χ3n) is 5.65. The number of amides is 2. The molecule has 2 fully saturated rings. The highest BCUT2D eigenvalue weighted by Crippen LogP contribution is 2.33. The Bertz CT molecular complexity index is 795. The largest absolute Gasteiger partial charge is 0.373 e. The van der Waals surface area contributed by atoms with E-state index in [2.05, 4.69) is 41.0 Å². The van der Waals surface area contributed by atoms with Crippen LogP contribution in [0.2, 0.25) is 0 Å². The van der Waals surface area contributed by atoms with Gasteiger partial charge in [0.15, 0.2) is 0 Å². The maximum Gasteiger partial charge on any atom is 0.315 e. The number of hydrogen-bond donors (Lipinski definition) is 2. The molecule has 2 aromatic carbocycles. The van der Waals surface area contributed by atoms with Crippen LogP contribution in [-0.2, 0) is 22.4 Å². The number of fused-ring (bicyclic) bond motifs is 1. The monoisotopic (exact) mass is 380 g/mol. The van der Waals surface area contributed by atoms with E-state index in [1.807, 2.05) is 31.2 Å². The standard InChI is InChI=1S/C23H28N2O3/c1-16-6-5-9-18(12-16)13-24-23(26)25-20-15-28-21-19(14-27-22(20)21)11-10-17-7-3-2-4-8-17/h2-9,12,19-22H,10-11,13-15H2,1H3,(H2,24,25,26)/t19-,20+,21?,22-/m1/s1. The Kier molecular flexibility index (Phi) is 5.93. The lowest BCUT2D eigenvalue weighted by Crippen LogP contribution is -2.48. The number of hydrogen-bond acceptors (Lipinski definition) is 3. The highest BCUT2D eigenvalue weighted by molar-refractivity contribution is 5.74. The second kappa shape index (κ2) is 8.76. The number of carbonyl (C=O) groups excluding carboxylic acids is 1. The predicted molar refractivity (Wildman–Crippen MR) is 108 cm³/mol. The summed E-state index contributed by atoms with van der Waals surface area (Å²) in [6.45, 7) is 3.77. The summed E-state index contributed by atoms with van der Waals surface area (Å²) in [5.74, 6) is 0.382. The molecule has 2 amide bonds. The van der Waals surface area contributed by atoms with Crippen molar-refractivity contribution in [1.82, 2.24) is 10.6 Å². The molecular formula is C23H28N2O3. The van der Waals surface area contributed by atoms with Crippen LogP contribution in [0, 0.1) is 12.8 Å². The molecule has 2 aromatic rings. The van der Waals surface area contributed by atoms with Crippen LogP contribution >= 0.6 is 0 Å². The Morgan fingerprint density at radius 2 is 1.79 bits per heavy atom. The number of urea groups is 1. The van der Waals surface area contributed by atoms with E-state index in [-0.39, 0.29) is 24.3 Å². The quantitative estimate of drug-likeness (QED) is 0.809. The van der Waals surface area contributed by atoms with E-state index in [4.69, 9.17) is 9.47 Å². The molecule has 1 unspecified atom stereocenters. The van der Waals surface area contributed by atoms with Gasteiger partial charge in [0.25, 0.3) is 0 Å². The summed E-state index contributed by atoms with van der Waals surface area (Å²) in [4.78, 5) is 12.3. The molecule has 28 heavy (non-hydrogen) atoms. The first-order valence-corrected chi connectivity index (χ1v) is 10.1. The minimum Gasteiger partial charge on any atom is -0.373 e. The van der Waals surface area contributed by atoms with Gasteiger partial charge in [0.2, 0.25) is 0 Å². The van der Waals surface area contributed by atoms with Crippen LogP contribution < -0.4 is 10.6 Å². The first-order valence-electron chi connectivity index (χ1n) is 10.1. The van der Waals surface area contributed by atoms with Crippen LogP contribution in [0.5, 0.6) is 0 Å². The Labute approximate surface area is 166 Å². The van der Waals surface area contributed by atoms with E-state index >= 15 is 0 Å². The molecule has 0 radical (unpaired) electrons. The molecule has 2 saturated heterocycles. The van der Waals surface area contributed by atoms with Gasteiger partial charge in [0.1, 0.15) is 6.10 Å². The summed E-state index contributed by atoms with van der Waals surface area (Å²) in [5, 5.41) is 5.96. The molecule has 4 atom stereocenters. The Hall–Kier alpha value is -2.37. The molecular weight excluding hydrogens is 352 g/mol. The molecule has 2 heterocycles. The van der Waals surface area contributed by atoms with Crippen LogP contribution in [0.15, 0.2) is 54.6 Å². The van der Waals surface area contributed by atoms with Gasteiger partial charge in [-0.3, -0.25) is 0 Å². The minimum absolute atomic E-state index is 0.0505. The lowest BCUT2D eigenvalue weighted by Gasteiger charge is -2.18. The first-order chi connectivity index (χ1) is 13.7. The number of ether oxygens (including phenoxy) is 2. The molecule has 2 aliphatic rings. The van der Waals surface area contributed by atoms with Crippen molar-refractivity contribution >= 4 is 6.03 Å². The summed E-state index contributed by atoms with van der Waals surface area (Å²) < 4.78 is 12.0. The molecule has 5 heteroatoms. The number of benzene rings is 2. The molecule has 0 bridgehead atoms. The molecule has 0 aromatic heterocycles. The fourth-order valence-electron chi connectivity index (χ4n) is 4.17. The van der Waals surface area contributed by atoms with Crippen molar-refractivity contribution in [3.05, 3.63) is 71.3 Å². The van der Waals surface area contributed by atoms with E-state index in [0.717, 1.165) is 18.4 Å². The molecule has 0 spiro atoms. The molecule has 0 aliphatic carbocycles. The van der Waals surface area contributed by atoms with Crippen molar-refractivity contribution in [2.24, 2.45) is 5.92 Å². The number of rotatable bonds is 6. The average molecular weight is 380 g/mol. The normalized spacial score (nSPS) is 26.0. The Balaban J connectivity index is 1.24. The predicted octanol–water partition coefficient (Wildman–Crippen LogP) is 3.21. The van der Waals surface area contributed by atoms with Gasteiger partial charge in [0, 0.05) is 12.5 Å². The fraction of sp³-hybridized carbons (Fsp3) is 0.435. The van der Waals surface area contributed by atoms with Gasteiger partial charge in [-0.05, 0) is 30.9 Å². The fourth-order valence-corrected chi connectivity index (χ4v) is 4.17. The molecule has 2 N–H and O–H groups in total. The van der Waals surface area contributed by atoms with Crippen molar-refractivity contribution < 1.29 is 14.3 Å². The van der Waals surface area contributed by atoms with Gasteiger partial charge in [-0.25, -0.2) is 4.79 Å². The summed E-state index contributed by atoms with van der Waals surface area (Å²) in [7, 11) is 0. The van der Waals surface area contributed by atoms with Crippen LogP contribution in [0.4, 0.5) is 4.79 Å². The molecule has 4 rings (SSSR count). The summed E-state index contributed by atoms with van der Waals surface area (Å²) >= 11 is 0. The van der Waals surface area contributed by atoms with Gasteiger partial charge in [-0.1, -0.05) is 60.2 Å². The smallest absolute Gasteiger partial charge is 0.315 e. The van der Waals surface area contributed by atoms with E-state index in [9.17, 15) is 4.79 Å². The van der Waals surface area contributed by atoms with E-state index in [1.54, 1.807) is 0 Å². The van der Waals surface area contributed by atoms with Crippen molar-refractivity contribution in [2.75, 3.05) is 13.2 Å². The Morgan fingerprint density at radius 3 is 2.61 bits per heavy atom. The lowest BCUT2D eigenvalue weighted by atomic mass is 9.93. The number of nitrogens with one attached hydrogen (secondary N) is 2. The third-order valence-corrected chi connectivity index (χ3v) is 5.65. The second-order valence-electron chi connectivity index (χ2n) is 7.80. The molecule has 148 valence electrons. The van der Waals surface area contributed by atoms with Gasteiger partial charge in [0.05, 0.1) is 25.4 Å². The van der Waals surface area contributed by atoms with Crippen LogP contribution in [0.1, 0.15) is 23.1 Å². The number of carbonyl (C=O) groups is 1. The highest BCUT2D eigenvalue weighted by Gasteiger charge is 2.47. The SMILES string of the molecule is Cc1cccc(CNC(=O)N[C@H]2COC3[C@H](CCc4ccccc4)CO[C@@H]32)c1. The van der Waals surface area contributed by atoms with Crippen LogP contribution in [-0.4, -0.2) is 37.5 Å². The summed E-state index contributed by atoms with van der Waals surface area (Å²) in [6, 6.07) is 18.4. The minimum atomic E-state index is -0.174. The van der Waals surface area contributed by atoms with Crippen LogP contribution in [0.25, 0.3) is 0 Å². The summed E-state index contributed by atoms with van der Waals surface area (Å²) in [6.07, 6.45) is 2.09. The van der Waals surface area contributed by atoms with E-state index in [0.29, 0.717) is 25.7 Å². The van der Waals surface area contributed by atoms with E-state index < -0.39 is 0 Å². The zero-order valence-corrected chi connectivity index (χ0v) is 16.3. The van der Waals surface area contributed by atoms with Crippen molar-refractivity contribution in [1.29, 1.82) is 0 Å². The van der Waals surface area contributed by atoms with Crippen molar-refractivity contribution in [2.45, 2.75) is 44.6 Å². The molecule has 2 aliphatic heterocycles. The van der Waals surface area contributed by atoms with Gasteiger partial charge in [-0.2, -0.15) is 0 Å². The van der Waals surface area contributed by atoms with Gasteiger partial charge < -0.3 is 20.1 Å². The van der Waals surface area contributed by atoms with Gasteiger partial charge in [-0.15, -0.1) is 0 Å². The van der Waals surface area contributed by atoms with Crippen molar-refractivity contribution in [3.8, 4) is 0 Å². The third kappa shape index (κ3) is 4.54. The maximum atomic E-state index is 12.3. The topological polar surface area (TPSA) is 59.6 Å². The molecule has 0 saturated carbocycles. The lowest BCUT2D eigenvalue weighted by molar-refractivity contribution is 0.0615. The van der Waals surface area contributed by atoms with Crippen LogP contribution in [0.3, 0.4) is 0 Å². The van der Waals surface area contributed by atoms with E-state index in [1.165, 1.54) is 11.1 Å². The average Bonchev–Trinajstić information content (AvgIpc) is 3.29. The summed E-state index contributed by atoms with van der Waals surface area (Å²) in [5.41, 5.74) is 3.62. The van der Waals surface area contributed by atoms with Crippen molar-refractivity contribution in [3.63, 3.8) is 0 Å². The van der Waals surface area contributed by atoms with Gasteiger partial charge >= 0.3 is 6.03 Å². The zero-order valence-electron chi connectivity index (χ0n) is 16.3.